The van der Waals surface area contributed by atoms with E-state index in [1.165, 1.54) is 4.90 Å². The van der Waals surface area contributed by atoms with Gasteiger partial charge in [-0.15, -0.1) is 0 Å². The molecule has 0 bridgehead atoms. The van der Waals surface area contributed by atoms with Gasteiger partial charge in [0.25, 0.3) is 5.91 Å². The first-order chi connectivity index (χ1) is 8.04. The fourth-order valence-corrected chi connectivity index (χ4v) is 1.43. The minimum absolute atomic E-state index is 0.0431. The SMILES string of the molecule is CCNC(=O)CN(C)C(=O)c1cccc(N)c1. The van der Waals surface area contributed by atoms with Crippen molar-refractivity contribution in [2.45, 2.75) is 6.92 Å². The van der Waals surface area contributed by atoms with Crippen molar-refractivity contribution in [3.63, 3.8) is 0 Å². The lowest BCUT2D eigenvalue weighted by atomic mass is 10.2. The van der Waals surface area contributed by atoms with Crippen molar-refractivity contribution in [1.29, 1.82) is 0 Å². The summed E-state index contributed by atoms with van der Waals surface area (Å²) < 4.78 is 0. The molecule has 0 unspecified atom stereocenters. The summed E-state index contributed by atoms with van der Waals surface area (Å²) in [6.07, 6.45) is 0. The molecule has 92 valence electrons. The Bertz CT molecular complexity index is 418. The molecule has 17 heavy (non-hydrogen) atoms. The fourth-order valence-electron chi connectivity index (χ4n) is 1.43. The van der Waals surface area contributed by atoms with E-state index >= 15 is 0 Å². The molecule has 0 aromatic heterocycles. The average Bonchev–Trinajstić information content (AvgIpc) is 2.28. The maximum Gasteiger partial charge on any atom is 0.254 e. The molecule has 0 fully saturated rings. The highest BCUT2D eigenvalue weighted by Crippen LogP contribution is 2.08. The summed E-state index contributed by atoms with van der Waals surface area (Å²) in [4.78, 5) is 24.6. The second-order valence-electron chi connectivity index (χ2n) is 3.74. The lowest BCUT2D eigenvalue weighted by Gasteiger charge is -2.16. The number of carbonyl (C=O) groups is 2. The largest absolute Gasteiger partial charge is 0.399 e. The molecule has 1 aromatic rings. The van der Waals surface area contributed by atoms with E-state index in [4.69, 9.17) is 5.73 Å². The van der Waals surface area contributed by atoms with Crippen LogP contribution in [0.4, 0.5) is 5.69 Å². The number of benzene rings is 1. The third-order valence-electron chi connectivity index (χ3n) is 2.23. The molecule has 0 atom stereocenters. The zero-order chi connectivity index (χ0) is 12.8. The zero-order valence-corrected chi connectivity index (χ0v) is 10.1. The molecule has 0 saturated heterocycles. The predicted octanol–water partition coefficient (Wildman–Crippen LogP) is 0.477. The minimum Gasteiger partial charge on any atom is -0.399 e. The third-order valence-corrected chi connectivity index (χ3v) is 2.23. The molecule has 5 heteroatoms. The molecule has 0 aliphatic heterocycles. The number of nitrogens with zero attached hydrogens (tertiary/aromatic N) is 1. The first-order valence-electron chi connectivity index (χ1n) is 5.42. The third kappa shape index (κ3) is 3.79. The van der Waals surface area contributed by atoms with Gasteiger partial charge in [0.2, 0.25) is 5.91 Å². The van der Waals surface area contributed by atoms with Gasteiger partial charge < -0.3 is 16.0 Å². The number of carbonyl (C=O) groups excluding carboxylic acids is 2. The number of nitrogens with one attached hydrogen (secondary N) is 1. The number of rotatable bonds is 4. The summed E-state index contributed by atoms with van der Waals surface area (Å²) in [5.74, 6) is -0.393. The highest BCUT2D eigenvalue weighted by molar-refractivity contribution is 5.96. The molecule has 0 radical (unpaired) electrons. The van der Waals surface area contributed by atoms with E-state index in [0.717, 1.165) is 0 Å². The Labute approximate surface area is 101 Å². The number of hydrogen-bond donors (Lipinski definition) is 2. The maximum atomic E-state index is 11.9. The fraction of sp³-hybridized carbons (Fsp3) is 0.333. The molecular formula is C12H17N3O2. The predicted molar refractivity (Wildman–Crippen MR) is 66.5 cm³/mol. The number of anilines is 1. The summed E-state index contributed by atoms with van der Waals surface area (Å²) >= 11 is 0. The van der Waals surface area contributed by atoms with Crippen molar-refractivity contribution in [1.82, 2.24) is 10.2 Å². The van der Waals surface area contributed by atoms with Crippen LogP contribution in [0.2, 0.25) is 0 Å². The molecule has 0 heterocycles. The Morgan fingerprint density at radius 1 is 1.41 bits per heavy atom. The minimum atomic E-state index is -0.219. The lowest BCUT2D eigenvalue weighted by molar-refractivity contribution is -0.121. The van der Waals surface area contributed by atoms with Crippen molar-refractivity contribution < 1.29 is 9.59 Å². The Balaban J connectivity index is 2.67. The number of nitrogen functional groups attached to an aromatic ring is 1. The van der Waals surface area contributed by atoms with Gasteiger partial charge in [-0.05, 0) is 25.1 Å². The first kappa shape index (κ1) is 13.0. The Morgan fingerprint density at radius 2 is 2.12 bits per heavy atom. The zero-order valence-electron chi connectivity index (χ0n) is 10.1. The van der Waals surface area contributed by atoms with Crippen LogP contribution in [0, 0.1) is 0 Å². The van der Waals surface area contributed by atoms with Crippen molar-refractivity contribution in [2.75, 3.05) is 25.9 Å². The van der Waals surface area contributed by atoms with E-state index in [0.29, 0.717) is 17.8 Å². The van der Waals surface area contributed by atoms with Gasteiger partial charge in [0.05, 0.1) is 6.54 Å². The Morgan fingerprint density at radius 3 is 2.71 bits per heavy atom. The molecule has 1 rings (SSSR count). The number of amides is 2. The second kappa shape index (κ2) is 5.89. The number of likely N-dealkylation sites (N-methyl/N-ethyl adjacent to an activating group) is 2. The average molecular weight is 235 g/mol. The molecule has 0 aliphatic rings. The van der Waals surface area contributed by atoms with Crippen molar-refractivity contribution in [2.24, 2.45) is 0 Å². The van der Waals surface area contributed by atoms with E-state index in [1.54, 1.807) is 31.3 Å². The van der Waals surface area contributed by atoms with Crippen molar-refractivity contribution in [3.05, 3.63) is 29.8 Å². The molecule has 1 aromatic carbocycles. The summed E-state index contributed by atoms with van der Waals surface area (Å²) in [5, 5.41) is 2.64. The van der Waals surface area contributed by atoms with E-state index in [-0.39, 0.29) is 18.4 Å². The van der Waals surface area contributed by atoms with E-state index in [9.17, 15) is 9.59 Å². The van der Waals surface area contributed by atoms with Gasteiger partial charge in [0.1, 0.15) is 0 Å². The maximum absolute atomic E-state index is 11.9. The molecule has 0 spiro atoms. The first-order valence-corrected chi connectivity index (χ1v) is 5.42. The summed E-state index contributed by atoms with van der Waals surface area (Å²) in [6.45, 7) is 2.43. The van der Waals surface area contributed by atoms with Gasteiger partial charge in [0, 0.05) is 24.8 Å². The van der Waals surface area contributed by atoms with Crippen LogP contribution in [0.1, 0.15) is 17.3 Å². The van der Waals surface area contributed by atoms with Crippen LogP contribution < -0.4 is 11.1 Å². The van der Waals surface area contributed by atoms with E-state index < -0.39 is 0 Å². The molecular weight excluding hydrogens is 218 g/mol. The van der Waals surface area contributed by atoms with Crippen LogP contribution in [0.3, 0.4) is 0 Å². The highest BCUT2D eigenvalue weighted by atomic mass is 16.2. The summed E-state index contributed by atoms with van der Waals surface area (Å²) in [7, 11) is 1.58. The topological polar surface area (TPSA) is 75.4 Å². The highest BCUT2D eigenvalue weighted by Gasteiger charge is 2.14. The monoisotopic (exact) mass is 235 g/mol. The van der Waals surface area contributed by atoms with Crippen LogP contribution >= 0.6 is 0 Å². The second-order valence-corrected chi connectivity index (χ2v) is 3.74. The Kier molecular flexibility index (Phi) is 4.51. The lowest BCUT2D eigenvalue weighted by Crippen LogP contribution is -2.38. The summed E-state index contributed by atoms with van der Waals surface area (Å²) in [6, 6.07) is 6.69. The van der Waals surface area contributed by atoms with Crippen molar-refractivity contribution >= 4 is 17.5 Å². The van der Waals surface area contributed by atoms with E-state index in [1.807, 2.05) is 6.92 Å². The molecule has 0 aliphatic carbocycles. The van der Waals surface area contributed by atoms with Gasteiger partial charge in [-0.25, -0.2) is 0 Å². The summed E-state index contributed by atoms with van der Waals surface area (Å²) in [5.41, 5.74) is 6.61. The smallest absolute Gasteiger partial charge is 0.254 e. The van der Waals surface area contributed by atoms with Crippen LogP contribution in [0.15, 0.2) is 24.3 Å². The van der Waals surface area contributed by atoms with Crippen LogP contribution in [-0.4, -0.2) is 36.9 Å². The molecule has 2 amide bonds. The number of hydrogen-bond acceptors (Lipinski definition) is 3. The standard InChI is InChI=1S/C12H17N3O2/c1-3-14-11(16)8-15(2)12(17)9-5-4-6-10(13)7-9/h4-7H,3,8,13H2,1-2H3,(H,14,16). The van der Waals surface area contributed by atoms with Gasteiger partial charge in [-0.2, -0.15) is 0 Å². The van der Waals surface area contributed by atoms with Gasteiger partial charge in [-0.3, -0.25) is 9.59 Å². The van der Waals surface area contributed by atoms with Gasteiger partial charge in [0.15, 0.2) is 0 Å². The molecule has 5 nitrogen and oxygen atoms in total. The van der Waals surface area contributed by atoms with E-state index in [2.05, 4.69) is 5.32 Å². The molecule has 3 N–H and O–H groups in total. The molecule has 0 saturated carbocycles. The van der Waals surface area contributed by atoms with Crippen LogP contribution in [0.5, 0.6) is 0 Å². The van der Waals surface area contributed by atoms with Crippen molar-refractivity contribution in [3.8, 4) is 0 Å². The van der Waals surface area contributed by atoms with Crippen LogP contribution in [0.25, 0.3) is 0 Å². The number of nitrogens with two attached hydrogens (primary N) is 1. The quantitative estimate of drug-likeness (QED) is 0.745. The van der Waals surface area contributed by atoms with Crippen LogP contribution in [-0.2, 0) is 4.79 Å². The van der Waals surface area contributed by atoms with Gasteiger partial charge >= 0.3 is 0 Å². The Hall–Kier alpha value is -2.04. The normalized spacial score (nSPS) is 9.76. The van der Waals surface area contributed by atoms with Gasteiger partial charge in [-0.1, -0.05) is 6.07 Å².